The summed E-state index contributed by atoms with van der Waals surface area (Å²) in [5.74, 6) is 0.448. The maximum Gasteiger partial charge on any atom is 0.223 e. The molecular weight excluding hydrogens is 254 g/mol. The molecule has 3 aromatic rings. The molecule has 0 fully saturated rings. The standard InChI is InChI=1S/C15H15N3O2/c1-9(19)8-20-15-12-7-5-4-6-11(12)13-10(2)17-18(3)14(13)16-15/h4-7H,8H2,1-3H3. The first-order chi connectivity index (χ1) is 9.58. The number of carbonyl (C=O) groups excluding carboxylic acids is 1. The predicted octanol–water partition coefficient (Wildman–Crippen LogP) is 2.40. The van der Waals surface area contributed by atoms with E-state index in [0.717, 1.165) is 27.5 Å². The number of rotatable bonds is 3. The van der Waals surface area contributed by atoms with Crippen LogP contribution in [0.25, 0.3) is 21.8 Å². The van der Waals surface area contributed by atoms with Gasteiger partial charge in [-0.05, 0) is 25.3 Å². The zero-order valence-electron chi connectivity index (χ0n) is 11.7. The Labute approximate surface area is 116 Å². The number of aryl methyl sites for hydroxylation is 2. The van der Waals surface area contributed by atoms with Gasteiger partial charge in [0.25, 0.3) is 0 Å². The van der Waals surface area contributed by atoms with Gasteiger partial charge in [0.2, 0.25) is 5.88 Å². The molecule has 2 heterocycles. The zero-order chi connectivity index (χ0) is 14.3. The molecule has 0 radical (unpaired) electrons. The first kappa shape index (κ1) is 12.6. The zero-order valence-corrected chi connectivity index (χ0v) is 11.7. The Morgan fingerprint density at radius 2 is 2.00 bits per heavy atom. The van der Waals surface area contributed by atoms with Crippen LogP contribution in [-0.2, 0) is 11.8 Å². The molecule has 0 aliphatic rings. The van der Waals surface area contributed by atoms with Gasteiger partial charge in [-0.1, -0.05) is 18.2 Å². The van der Waals surface area contributed by atoms with E-state index in [0.29, 0.717) is 5.88 Å². The summed E-state index contributed by atoms with van der Waals surface area (Å²) in [5, 5.41) is 7.38. The topological polar surface area (TPSA) is 57.0 Å². The smallest absolute Gasteiger partial charge is 0.223 e. The van der Waals surface area contributed by atoms with Gasteiger partial charge >= 0.3 is 0 Å². The number of benzene rings is 1. The molecule has 0 saturated heterocycles. The van der Waals surface area contributed by atoms with Crippen molar-refractivity contribution in [1.82, 2.24) is 14.8 Å². The van der Waals surface area contributed by atoms with Crippen LogP contribution in [0.3, 0.4) is 0 Å². The molecule has 0 aliphatic carbocycles. The van der Waals surface area contributed by atoms with Crippen LogP contribution in [0.5, 0.6) is 5.88 Å². The lowest BCUT2D eigenvalue weighted by Gasteiger charge is -2.08. The Bertz CT molecular complexity index is 821. The minimum atomic E-state index is -0.0304. The highest BCUT2D eigenvalue weighted by Crippen LogP contribution is 2.32. The molecule has 0 amide bonds. The molecule has 102 valence electrons. The van der Waals surface area contributed by atoms with Crippen LogP contribution in [0.1, 0.15) is 12.6 Å². The highest BCUT2D eigenvalue weighted by Gasteiger charge is 2.15. The van der Waals surface area contributed by atoms with E-state index in [4.69, 9.17) is 4.74 Å². The van der Waals surface area contributed by atoms with Gasteiger partial charge in [0, 0.05) is 12.4 Å². The lowest BCUT2D eigenvalue weighted by Crippen LogP contribution is -2.08. The number of nitrogens with zero attached hydrogens (tertiary/aromatic N) is 3. The molecule has 0 spiro atoms. The van der Waals surface area contributed by atoms with Crippen LogP contribution in [-0.4, -0.2) is 27.2 Å². The Morgan fingerprint density at radius 1 is 1.30 bits per heavy atom. The van der Waals surface area contributed by atoms with Crippen LogP contribution in [0, 0.1) is 6.92 Å². The summed E-state index contributed by atoms with van der Waals surface area (Å²) in [6.07, 6.45) is 0. The van der Waals surface area contributed by atoms with Gasteiger partial charge < -0.3 is 4.74 Å². The summed E-state index contributed by atoms with van der Waals surface area (Å²) in [4.78, 5) is 15.6. The van der Waals surface area contributed by atoms with Gasteiger partial charge in [-0.3, -0.25) is 9.48 Å². The fourth-order valence-electron chi connectivity index (χ4n) is 2.41. The van der Waals surface area contributed by atoms with Crippen LogP contribution < -0.4 is 4.74 Å². The Balaban J connectivity index is 2.32. The van der Waals surface area contributed by atoms with Crippen molar-refractivity contribution in [3.05, 3.63) is 30.0 Å². The molecule has 0 atom stereocenters. The van der Waals surface area contributed by atoms with Crippen molar-refractivity contribution in [2.75, 3.05) is 6.61 Å². The minimum absolute atomic E-state index is 0.0271. The number of carbonyl (C=O) groups is 1. The van der Waals surface area contributed by atoms with E-state index in [-0.39, 0.29) is 12.4 Å². The number of ether oxygens (including phenoxy) is 1. The van der Waals surface area contributed by atoms with E-state index < -0.39 is 0 Å². The van der Waals surface area contributed by atoms with Crippen LogP contribution >= 0.6 is 0 Å². The summed E-state index contributed by atoms with van der Waals surface area (Å²) in [6, 6.07) is 7.88. The van der Waals surface area contributed by atoms with E-state index in [1.165, 1.54) is 6.92 Å². The Hall–Kier alpha value is -2.43. The van der Waals surface area contributed by atoms with E-state index in [2.05, 4.69) is 10.1 Å². The summed E-state index contributed by atoms with van der Waals surface area (Å²) in [6.45, 7) is 3.49. The number of hydrogen-bond acceptors (Lipinski definition) is 4. The third-order valence-corrected chi connectivity index (χ3v) is 3.24. The fourth-order valence-corrected chi connectivity index (χ4v) is 2.41. The van der Waals surface area contributed by atoms with Crippen molar-refractivity contribution in [2.45, 2.75) is 13.8 Å². The van der Waals surface area contributed by atoms with Gasteiger partial charge in [-0.15, -0.1) is 0 Å². The van der Waals surface area contributed by atoms with Crippen molar-refractivity contribution in [1.29, 1.82) is 0 Å². The lowest BCUT2D eigenvalue weighted by atomic mass is 10.1. The summed E-state index contributed by atoms with van der Waals surface area (Å²) < 4.78 is 7.29. The number of aromatic nitrogens is 3. The molecule has 5 heteroatoms. The van der Waals surface area contributed by atoms with Gasteiger partial charge in [-0.2, -0.15) is 10.1 Å². The molecule has 3 rings (SSSR count). The van der Waals surface area contributed by atoms with Crippen LogP contribution in [0.15, 0.2) is 24.3 Å². The van der Waals surface area contributed by atoms with Crippen molar-refractivity contribution >= 4 is 27.6 Å². The van der Waals surface area contributed by atoms with Gasteiger partial charge in [0.05, 0.1) is 11.1 Å². The molecule has 0 unspecified atom stereocenters. The first-order valence-corrected chi connectivity index (χ1v) is 6.42. The highest BCUT2D eigenvalue weighted by molar-refractivity contribution is 6.08. The Kier molecular flexibility index (Phi) is 2.89. The SMILES string of the molecule is CC(=O)COc1nc2c(c(C)nn2C)c2ccccc12. The third-order valence-electron chi connectivity index (χ3n) is 3.24. The number of ketones is 1. The maximum absolute atomic E-state index is 11.1. The van der Waals surface area contributed by atoms with E-state index in [1.54, 1.807) is 4.68 Å². The number of Topliss-reactive ketones (excluding diaryl/α,β-unsaturated/α-hetero) is 1. The minimum Gasteiger partial charge on any atom is -0.469 e. The number of fused-ring (bicyclic) bond motifs is 3. The second kappa shape index (κ2) is 4.59. The van der Waals surface area contributed by atoms with Crippen molar-refractivity contribution in [2.24, 2.45) is 7.05 Å². The molecule has 1 aromatic carbocycles. The largest absolute Gasteiger partial charge is 0.469 e. The monoisotopic (exact) mass is 269 g/mol. The van der Waals surface area contributed by atoms with E-state index in [9.17, 15) is 4.79 Å². The van der Waals surface area contributed by atoms with Gasteiger partial charge in [-0.25, -0.2) is 0 Å². The molecule has 0 saturated carbocycles. The van der Waals surface area contributed by atoms with Crippen LogP contribution in [0.2, 0.25) is 0 Å². The van der Waals surface area contributed by atoms with Crippen molar-refractivity contribution < 1.29 is 9.53 Å². The molecular formula is C15H15N3O2. The average Bonchev–Trinajstić information content (AvgIpc) is 2.71. The number of hydrogen-bond donors (Lipinski definition) is 0. The average molecular weight is 269 g/mol. The number of pyridine rings is 1. The Morgan fingerprint density at radius 3 is 2.70 bits per heavy atom. The molecule has 0 aliphatic heterocycles. The second-order valence-corrected chi connectivity index (χ2v) is 4.86. The fraction of sp³-hybridized carbons (Fsp3) is 0.267. The summed E-state index contributed by atoms with van der Waals surface area (Å²) in [7, 11) is 1.85. The quantitative estimate of drug-likeness (QED) is 0.732. The summed E-state index contributed by atoms with van der Waals surface area (Å²) >= 11 is 0. The maximum atomic E-state index is 11.1. The molecule has 0 N–H and O–H groups in total. The first-order valence-electron chi connectivity index (χ1n) is 6.42. The second-order valence-electron chi connectivity index (χ2n) is 4.86. The van der Waals surface area contributed by atoms with Gasteiger partial charge in [0.1, 0.15) is 6.61 Å². The van der Waals surface area contributed by atoms with Crippen molar-refractivity contribution in [3.63, 3.8) is 0 Å². The van der Waals surface area contributed by atoms with Gasteiger partial charge in [0.15, 0.2) is 11.4 Å². The van der Waals surface area contributed by atoms with E-state index in [1.807, 2.05) is 38.2 Å². The molecule has 20 heavy (non-hydrogen) atoms. The predicted molar refractivity (Wildman–Crippen MR) is 76.9 cm³/mol. The molecule has 0 bridgehead atoms. The third kappa shape index (κ3) is 1.91. The molecule has 2 aromatic heterocycles. The molecule has 5 nitrogen and oxygen atoms in total. The van der Waals surface area contributed by atoms with Crippen LogP contribution in [0.4, 0.5) is 0 Å². The summed E-state index contributed by atoms with van der Waals surface area (Å²) in [5.41, 5.74) is 1.70. The van der Waals surface area contributed by atoms with E-state index >= 15 is 0 Å². The lowest BCUT2D eigenvalue weighted by molar-refractivity contribution is -0.118. The van der Waals surface area contributed by atoms with Crippen molar-refractivity contribution in [3.8, 4) is 5.88 Å². The normalized spacial score (nSPS) is 11.2. The highest BCUT2D eigenvalue weighted by atomic mass is 16.5.